The lowest BCUT2D eigenvalue weighted by Crippen LogP contribution is -2.38. The van der Waals surface area contributed by atoms with Crippen molar-refractivity contribution in [1.29, 1.82) is 0 Å². The molecule has 1 aromatic carbocycles. The van der Waals surface area contributed by atoms with Crippen LogP contribution in [-0.2, 0) is 5.92 Å². The van der Waals surface area contributed by atoms with Crippen molar-refractivity contribution >= 4 is 6.09 Å². The highest BCUT2D eigenvalue weighted by Gasteiger charge is 2.39. The summed E-state index contributed by atoms with van der Waals surface area (Å²) < 4.78 is 43.3. The molecule has 1 amide bonds. The summed E-state index contributed by atoms with van der Waals surface area (Å²) in [6.07, 6.45) is -0.807. The van der Waals surface area contributed by atoms with Gasteiger partial charge in [-0.3, -0.25) is 0 Å². The molecule has 0 saturated carbocycles. The Morgan fingerprint density at radius 2 is 2.04 bits per heavy atom. The maximum atomic E-state index is 14.5. The molecule has 1 aliphatic rings. The van der Waals surface area contributed by atoms with E-state index < -0.39 is 35.9 Å². The summed E-state index contributed by atoms with van der Waals surface area (Å²) in [4.78, 5) is 12.0. The predicted molar refractivity (Wildman–Crippen MR) is 79.8 cm³/mol. The maximum Gasteiger partial charge on any atom is 0.407 e. The number of nitrogens with two attached hydrogens (primary N) is 1. The van der Waals surface area contributed by atoms with Crippen LogP contribution in [0.2, 0.25) is 0 Å². The van der Waals surface area contributed by atoms with Crippen LogP contribution in [0.4, 0.5) is 18.0 Å². The molecule has 0 spiro atoms. The number of amides is 1. The van der Waals surface area contributed by atoms with Gasteiger partial charge < -0.3 is 15.7 Å². The molecule has 1 aromatic rings. The van der Waals surface area contributed by atoms with E-state index in [0.717, 1.165) is 6.07 Å². The molecule has 1 heterocycles. The molecular weight excluding hydrogens is 309 g/mol. The molecule has 0 unspecified atom stereocenters. The maximum absolute atomic E-state index is 14.5. The fourth-order valence-corrected chi connectivity index (χ4v) is 2.98. The van der Waals surface area contributed by atoms with E-state index in [1.54, 1.807) is 6.92 Å². The Kier molecular flexibility index (Phi) is 5.19. The van der Waals surface area contributed by atoms with Crippen molar-refractivity contribution in [3.63, 3.8) is 0 Å². The first kappa shape index (κ1) is 17.6. The van der Waals surface area contributed by atoms with Gasteiger partial charge in [0, 0.05) is 31.1 Å². The van der Waals surface area contributed by atoms with Crippen molar-refractivity contribution in [1.82, 2.24) is 4.90 Å². The summed E-state index contributed by atoms with van der Waals surface area (Å²) >= 11 is 0. The summed E-state index contributed by atoms with van der Waals surface area (Å²) in [5.41, 5.74) is 5.05. The van der Waals surface area contributed by atoms with Gasteiger partial charge in [0.25, 0.3) is 5.92 Å². The van der Waals surface area contributed by atoms with E-state index in [1.807, 2.05) is 0 Å². The van der Waals surface area contributed by atoms with Crippen LogP contribution in [0.25, 0.3) is 0 Å². The molecule has 128 valence electrons. The van der Waals surface area contributed by atoms with Crippen LogP contribution in [0, 0.1) is 11.7 Å². The lowest BCUT2D eigenvalue weighted by atomic mass is 9.87. The third kappa shape index (κ3) is 3.96. The van der Waals surface area contributed by atoms with Gasteiger partial charge >= 0.3 is 6.09 Å². The van der Waals surface area contributed by atoms with Crippen LogP contribution in [0.5, 0.6) is 0 Å². The second kappa shape index (κ2) is 6.78. The third-order valence-electron chi connectivity index (χ3n) is 4.34. The molecule has 4 nitrogen and oxygen atoms in total. The van der Waals surface area contributed by atoms with E-state index >= 15 is 0 Å². The minimum atomic E-state index is -3.30. The Morgan fingerprint density at radius 3 is 2.57 bits per heavy atom. The van der Waals surface area contributed by atoms with Gasteiger partial charge in [-0.1, -0.05) is 18.2 Å². The second-order valence-electron chi connectivity index (χ2n) is 6.12. The SMILES string of the molecule is C[C@@H](N)c1cccc(C(F)(F)CC2CCN(C(=O)O)CC2)c1F. The molecule has 1 fully saturated rings. The number of hydrogen-bond donors (Lipinski definition) is 2. The molecule has 0 bridgehead atoms. The van der Waals surface area contributed by atoms with Crippen molar-refractivity contribution in [2.45, 2.75) is 38.2 Å². The van der Waals surface area contributed by atoms with Crippen molar-refractivity contribution in [3.05, 3.63) is 35.1 Å². The zero-order valence-electron chi connectivity index (χ0n) is 12.9. The zero-order chi connectivity index (χ0) is 17.2. The minimum Gasteiger partial charge on any atom is -0.465 e. The van der Waals surface area contributed by atoms with Crippen LogP contribution in [-0.4, -0.2) is 29.2 Å². The van der Waals surface area contributed by atoms with Crippen LogP contribution < -0.4 is 5.73 Å². The average molecular weight is 330 g/mol. The Labute approximate surface area is 133 Å². The Hall–Kier alpha value is -1.76. The summed E-state index contributed by atoms with van der Waals surface area (Å²) in [6, 6.07) is 3.22. The molecule has 0 aliphatic carbocycles. The van der Waals surface area contributed by atoms with Crippen LogP contribution >= 0.6 is 0 Å². The van der Waals surface area contributed by atoms with E-state index in [0.29, 0.717) is 12.8 Å². The Bertz CT molecular complexity index is 570. The van der Waals surface area contributed by atoms with Gasteiger partial charge in [0.05, 0.1) is 5.56 Å². The van der Waals surface area contributed by atoms with Crippen LogP contribution in [0.1, 0.15) is 43.4 Å². The molecule has 0 aromatic heterocycles. The molecule has 23 heavy (non-hydrogen) atoms. The van der Waals surface area contributed by atoms with Crippen LogP contribution in [0.15, 0.2) is 18.2 Å². The topological polar surface area (TPSA) is 66.6 Å². The number of carboxylic acid groups (broad SMARTS) is 1. The lowest BCUT2D eigenvalue weighted by molar-refractivity contribution is -0.0392. The standard InChI is InChI=1S/C16H21F3N2O2/c1-10(20)12-3-2-4-13(14(12)17)16(18,19)9-11-5-7-21(8-6-11)15(22)23/h2-4,10-11H,5-9,20H2,1H3,(H,22,23)/t10-/m1/s1. The summed E-state index contributed by atoms with van der Waals surface area (Å²) in [6.45, 7) is 2.01. The molecule has 1 aliphatic heterocycles. The van der Waals surface area contributed by atoms with Gasteiger partial charge in [0.1, 0.15) is 5.82 Å². The number of benzene rings is 1. The quantitative estimate of drug-likeness (QED) is 0.884. The third-order valence-corrected chi connectivity index (χ3v) is 4.34. The van der Waals surface area contributed by atoms with Crippen molar-refractivity contribution in [2.24, 2.45) is 11.7 Å². The fraction of sp³-hybridized carbons (Fsp3) is 0.562. The second-order valence-corrected chi connectivity index (χ2v) is 6.12. The number of rotatable bonds is 4. The molecule has 2 rings (SSSR count). The van der Waals surface area contributed by atoms with Gasteiger partial charge in [-0.25, -0.2) is 18.0 Å². The van der Waals surface area contributed by atoms with Gasteiger partial charge in [0.2, 0.25) is 0 Å². The number of hydrogen-bond acceptors (Lipinski definition) is 2. The number of alkyl halides is 2. The molecule has 1 saturated heterocycles. The minimum absolute atomic E-state index is 0.0721. The summed E-state index contributed by atoms with van der Waals surface area (Å²) in [7, 11) is 0. The zero-order valence-corrected chi connectivity index (χ0v) is 12.9. The highest BCUT2D eigenvalue weighted by molar-refractivity contribution is 5.64. The van der Waals surface area contributed by atoms with Gasteiger partial charge in [-0.2, -0.15) is 0 Å². The van der Waals surface area contributed by atoms with E-state index in [4.69, 9.17) is 10.8 Å². The van der Waals surface area contributed by atoms with E-state index in [9.17, 15) is 18.0 Å². The molecule has 1 atom stereocenters. The number of piperidine rings is 1. The highest BCUT2D eigenvalue weighted by Crippen LogP contribution is 2.40. The van der Waals surface area contributed by atoms with Crippen molar-refractivity contribution < 1.29 is 23.1 Å². The number of halogens is 3. The van der Waals surface area contributed by atoms with E-state index in [-0.39, 0.29) is 24.6 Å². The molecule has 7 heteroatoms. The van der Waals surface area contributed by atoms with Crippen molar-refractivity contribution in [3.8, 4) is 0 Å². The molecular formula is C16H21F3N2O2. The summed E-state index contributed by atoms with van der Waals surface area (Å²) in [5, 5.41) is 8.87. The smallest absolute Gasteiger partial charge is 0.407 e. The molecule has 3 N–H and O–H groups in total. The Balaban J connectivity index is 2.11. The fourth-order valence-electron chi connectivity index (χ4n) is 2.98. The number of carbonyl (C=O) groups is 1. The largest absolute Gasteiger partial charge is 0.465 e. The number of nitrogens with zero attached hydrogens (tertiary/aromatic N) is 1. The first-order valence-corrected chi connectivity index (χ1v) is 7.62. The highest BCUT2D eigenvalue weighted by atomic mass is 19.3. The summed E-state index contributed by atoms with van der Waals surface area (Å²) in [5.74, 6) is -4.58. The first-order chi connectivity index (χ1) is 10.7. The van der Waals surface area contributed by atoms with Gasteiger partial charge in [-0.05, 0) is 25.7 Å². The normalized spacial score (nSPS) is 18.0. The lowest BCUT2D eigenvalue weighted by Gasteiger charge is -2.32. The van der Waals surface area contributed by atoms with Gasteiger partial charge in [-0.15, -0.1) is 0 Å². The van der Waals surface area contributed by atoms with E-state index in [1.165, 1.54) is 17.0 Å². The average Bonchev–Trinajstić information content (AvgIpc) is 2.47. The number of likely N-dealkylation sites (tertiary alicyclic amines) is 1. The monoisotopic (exact) mass is 330 g/mol. The predicted octanol–water partition coefficient (Wildman–Crippen LogP) is 3.72. The Morgan fingerprint density at radius 1 is 1.43 bits per heavy atom. The first-order valence-electron chi connectivity index (χ1n) is 7.62. The van der Waals surface area contributed by atoms with Crippen LogP contribution in [0.3, 0.4) is 0 Å². The van der Waals surface area contributed by atoms with Gasteiger partial charge in [0.15, 0.2) is 0 Å². The van der Waals surface area contributed by atoms with E-state index in [2.05, 4.69) is 0 Å². The van der Waals surface area contributed by atoms with Crippen molar-refractivity contribution in [2.75, 3.05) is 13.1 Å². The molecule has 0 radical (unpaired) electrons.